The van der Waals surface area contributed by atoms with Crippen LogP contribution in [0.1, 0.15) is 36.3 Å². The maximum absolute atomic E-state index is 14.7. The van der Waals surface area contributed by atoms with Crippen LogP contribution in [0.15, 0.2) is 42.6 Å². The first kappa shape index (κ1) is 32.0. The van der Waals surface area contributed by atoms with Crippen LogP contribution in [-0.4, -0.2) is 116 Å². The number of pyridine rings is 1. The Morgan fingerprint density at radius 3 is 2.55 bits per heavy atom. The second kappa shape index (κ2) is 14.0. The van der Waals surface area contributed by atoms with Crippen LogP contribution in [0, 0.1) is 11.7 Å². The molecule has 3 heterocycles. The van der Waals surface area contributed by atoms with E-state index in [4.69, 9.17) is 4.74 Å². The van der Waals surface area contributed by atoms with Crippen molar-refractivity contribution in [3.8, 4) is 0 Å². The zero-order valence-corrected chi connectivity index (χ0v) is 25.6. The molecule has 11 nitrogen and oxygen atoms in total. The van der Waals surface area contributed by atoms with Gasteiger partial charge in [-0.3, -0.25) is 19.5 Å². The lowest BCUT2D eigenvalue weighted by Crippen LogP contribution is -2.48. The highest BCUT2D eigenvalue weighted by atomic mass is 32.2. The number of fused-ring (bicyclic) bond motifs is 1. The molecule has 1 unspecified atom stereocenters. The zero-order chi connectivity index (χ0) is 30.4. The number of rotatable bonds is 5. The maximum Gasteiger partial charge on any atom is 0.281 e. The molecule has 230 valence electrons. The van der Waals surface area contributed by atoms with E-state index in [1.165, 1.54) is 30.5 Å². The van der Waals surface area contributed by atoms with Crippen LogP contribution in [0.2, 0.25) is 0 Å². The number of amides is 2. The predicted molar refractivity (Wildman–Crippen MR) is 158 cm³/mol. The lowest BCUT2D eigenvalue weighted by molar-refractivity contribution is -0.138. The number of carbonyl (C=O) groups excluding carboxylic acids is 2. The highest BCUT2D eigenvalue weighted by Gasteiger charge is 2.35. The minimum atomic E-state index is -3.75. The fourth-order valence-electron chi connectivity index (χ4n) is 5.29. The monoisotopic (exact) mass is 604 g/mol. The van der Waals surface area contributed by atoms with Gasteiger partial charge in [0.15, 0.2) is 0 Å². The van der Waals surface area contributed by atoms with E-state index < -0.39 is 21.9 Å². The second-order valence-electron chi connectivity index (χ2n) is 11.1. The van der Waals surface area contributed by atoms with E-state index >= 15 is 0 Å². The van der Waals surface area contributed by atoms with Gasteiger partial charge in [-0.25, -0.2) is 4.39 Å². The molecule has 1 atom stereocenters. The van der Waals surface area contributed by atoms with E-state index in [1.807, 2.05) is 0 Å². The molecule has 1 fully saturated rings. The summed E-state index contributed by atoms with van der Waals surface area (Å²) in [7, 11) is -0.832. The average Bonchev–Trinajstić information content (AvgIpc) is 3.24. The predicted octanol–water partition coefficient (Wildman–Crippen LogP) is 2.07. The number of hydrogen-bond acceptors (Lipinski definition) is 7. The van der Waals surface area contributed by atoms with Crippen LogP contribution in [0.4, 0.5) is 10.1 Å². The fraction of sp³-hybridized carbons (Fsp3) is 0.552. The van der Waals surface area contributed by atoms with Crippen molar-refractivity contribution in [2.75, 3.05) is 71.5 Å². The molecule has 0 N–H and O–H groups in total. The third-order valence-corrected chi connectivity index (χ3v) is 9.63. The second-order valence-corrected chi connectivity index (χ2v) is 13.3. The van der Waals surface area contributed by atoms with Crippen LogP contribution < -0.4 is 4.90 Å². The number of carbonyl (C=O) groups is 2. The summed E-state index contributed by atoms with van der Waals surface area (Å²) in [4.78, 5) is 37.5. The van der Waals surface area contributed by atoms with E-state index in [0.717, 1.165) is 4.31 Å². The first-order valence-electron chi connectivity index (χ1n) is 14.3. The summed E-state index contributed by atoms with van der Waals surface area (Å²) in [6, 6.07) is 9.53. The molecule has 1 aromatic carbocycles. The Bertz CT molecular complexity index is 1340. The summed E-state index contributed by atoms with van der Waals surface area (Å²) in [6.45, 7) is 6.65. The van der Waals surface area contributed by atoms with Crippen molar-refractivity contribution in [2.24, 2.45) is 5.92 Å². The number of nitrogens with zero attached hydrogens (tertiary/aromatic N) is 6. The van der Waals surface area contributed by atoms with Crippen molar-refractivity contribution in [3.05, 3.63) is 59.7 Å². The van der Waals surface area contributed by atoms with Crippen LogP contribution >= 0.6 is 0 Å². The van der Waals surface area contributed by atoms with Crippen LogP contribution in [0.25, 0.3) is 0 Å². The van der Waals surface area contributed by atoms with Crippen molar-refractivity contribution >= 4 is 27.7 Å². The van der Waals surface area contributed by atoms with Crippen molar-refractivity contribution < 1.29 is 27.1 Å². The molecule has 0 bridgehead atoms. The molecule has 1 aromatic heterocycles. The Labute approximate surface area is 248 Å². The molecular formula is C29H41FN6O5S. The van der Waals surface area contributed by atoms with Gasteiger partial charge >= 0.3 is 0 Å². The summed E-state index contributed by atoms with van der Waals surface area (Å²) in [5.41, 5.74) is 1.24. The molecule has 2 amide bonds. The third-order valence-electron chi connectivity index (χ3n) is 7.72. The van der Waals surface area contributed by atoms with E-state index in [1.54, 1.807) is 40.3 Å². The summed E-state index contributed by atoms with van der Waals surface area (Å²) in [5.74, 6) is -1.82. The molecule has 2 aliphatic rings. The van der Waals surface area contributed by atoms with Gasteiger partial charge in [0.1, 0.15) is 11.5 Å². The Morgan fingerprint density at radius 1 is 1.07 bits per heavy atom. The molecule has 2 aliphatic heterocycles. The van der Waals surface area contributed by atoms with Gasteiger partial charge in [-0.1, -0.05) is 12.1 Å². The highest BCUT2D eigenvalue weighted by Crippen LogP contribution is 2.27. The Morgan fingerprint density at radius 2 is 1.86 bits per heavy atom. The minimum absolute atomic E-state index is 0.00962. The lowest BCUT2D eigenvalue weighted by Gasteiger charge is -2.32. The SMILES string of the molecule is CC(C)N1CCCN(C(=O)c2ccccn2)c2cc(F)ccc2CN(C(=O)C2COCCN(S(=O)(=O)N(C)C)C2)CC1. The topological polar surface area (TPSA) is 107 Å². The molecule has 0 spiro atoms. The summed E-state index contributed by atoms with van der Waals surface area (Å²) in [6.07, 6.45) is 2.18. The number of benzene rings is 1. The highest BCUT2D eigenvalue weighted by molar-refractivity contribution is 7.86. The molecule has 1 saturated heterocycles. The smallest absolute Gasteiger partial charge is 0.281 e. The molecule has 2 aromatic rings. The number of ether oxygens (including phenoxy) is 1. The van der Waals surface area contributed by atoms with E-state index in [-0.39, 0.29) is 56.4 Å². The maximum atomic E-state index is 14.7. The van der Waals surface area contributed by atoms with Gasteiger partial charge in [0.25, 0.3) is 16.1 Å². The lowest BCUT2D eigenvalue weighted by atomic mass is 10.1. The largest absolute Gasteiger partial charge is 0.379 e. The minimum Gasteiger partial charge on any atom is -0.379 e. The van der Waals surface area contributed by atoms with Gasteiger partial charge in [0.05, 0.1) is 24.8 Å². The Kier molecular flexibility index (Phi) is 10.7. The van der Waals surface area contributed by atoms with Crippen LogP contribution in [0.3, 0.4) is 0 Å². The first-order valence-corrected chi connectivity index (χ1v) is 15.7. The quantitative estimate of drug-likeness (QED) is 0.515. The number of anilines is 1. The van der Waals surface area contributed by atoms with E-state index in [9.17, 15) is 22.4 Å². The molecule has 0 radical (unpaired) electrons. The average molecular weight is 605 g/mol. The third kappa shape index (κ3) is 7.51. The van der Waals surface area contributed by atoms with Gasteiger partial charge in [-0.2, -0.15) is 17.0 Å². The van der Waals surface area contributed by atoms with E-state index in [2.05, 4.69) is 23.7 Å². The summed E-state index contributed by atoms with van der Waals surface area (Å²) in [5, 5.41) is 0. The molecular weight excluding hydrogens is 563 g/mol. The van der Waals surface area contributed by atoms with Crippen molar-refractivity contribution in [1.29, 1.82) is 0 Å². The van der Waals surface area contributed by atoms with Crippen molar-refractivity contribution in [2.45, 2.75) is 32.9 Å². The zero-order valence-electron chi connectivity index (χ0n) is 24.8. The molecule has 0 aliphatic carbocycles. The summed E-state index contributed by atoms with van der Waals surface area (Å²) < 4.78 is 48.6. The standard InChI is InChI=1S/C29H41FN6O5S/c1-22(2)33-12-7-13-36(29(38)26-8-5-6-11-31-26)27-18-25(30)10-9-23(27)19-34(15-14-33)28(37)24-20-35(16-17-41-21-24)42(39,40)32(3)4/h5-6,8-11,18,22,24H,7,12-17,19-21H2,1-4H3. The molecule has 0 saturated carbocycles. The Balaban J connectivity index is 1.71. The van der Waals surface area contributed by atoms with Gasteiger partial charge in [-0.05, 0) is 50.1 Å². The Hall–Kier alpha value is -2.97. The molecule has 4 rings (SSSR count). The molecule has 13 heteroatoms. The first-order chi connectivity index (χ1) is 20.0. The normalized spacial score (nSPS) is 20.2. The van der Waals surface area contributed by atoms with Gasteiger partial charge < -0.3 is 14.5 Å². The van der Waals surface area contributed by atoms with Gasteiger partial charge in [0, 0.05) is 72.1 Å². The molecule has 42 heavy (non-hydrogen) atoms. The number of halogens is 1. The van der Waals surface area contributed by atoms with Gasteiger partial charge in [0.2, 0.25) is 5.91 Å². The van der Waals surface area contributed by atoms with Gasteiger partial charge in [-0.15, -0.1) is 0 Å². The number of aromatic nitrogens is 1. The number of hydrogen-bond donors (Lipinski definition) is 0. The summed E-state index contributed by atoms with van der Waals surface area (Å²) >= 11 is 0. The van der Waals surface area contributed by atoms with Crippen molar-refractivity contribution in [3.63, 3.8) is 0 Å². The van der Waals surface area contributed by atoms with Crippen LogP contribution in [0.5, 0.6) is 0 Å². The van der Waals surface area contributed by atoms with Crippen molar-refractivity contribution in [1.82, 2.24) is 23.4 Å². The van der Waals surface area contributed by atoms with Crippen LogP contribution in [-0.2, 0) is 26.3 Å². The van der Waals surface area contributed by atoms with E-state index in [0.29, 0.717) is 43.9 Å². The fourth-order valence-corrected chi connectivity index (χ4v) is 6.43.